The van der Waals surface area contributed by atoms with Crippen molar-refractivity contribution in [2.24, 2.45) is 0 Å². The summed E-state index contributed by atoms with van der Waals surface area (Å²) >= 11 is 6.15. The van der Waals surface area contributed by atoms with E-state index in [1.165, 1.54) is 10.7 Å². The molecule has 0 atom stereocenters. The van der Waals surface area contributed by atoms with Crippen molar-refractivity contribution in [1.82, 2.24) is 19.5 Å². The second-order valence-electron chi connectivity index (χ2n) is 6.61. The Hall–Kier alpha value is -2.64. The Morgan fingerprint density at radius 2 is 2.22 bits per heavy atom. The number of nitrogens with one attached hydrogen (secondary N) is 2. The molecule has 0 saturated carbocycles. The molecule has 1 aliphatic rings. The minimum atomic E-state index is -0.319. The predicted octanol–water partition coefficient (Wildman–Crippen LogP) is 2.38. The van der Waals surface area contributed by atoms with Gasteiger partial charge >= 0.3 is 0 Å². The number of hydrogen-bond donors (Lipinski definition) is 2. The zero-order valence-corrected chi connectivity index (χ0v) is 15.9. The summed E-state index contributed by atoms with van der Waals surface area (Å²) < 4.78 is 3.34. The third-order valence-corrected chi connectivity index (χ3v) is 5.36. The fourth-order valence-corrected chi connectivity index (χ4v) is 3.73. The molecule has 0 fully saturated rings. The summed E-state index contributed by atoms with van der Waals surface area (Å²) in [4.78, 5) is 25.7. The molecule has 8 heteroatoms. The van der Waals surface area contributed by atoms with E-state index < -0.39 is 0 Å². The van der Waals surface area contributed by atoms with Crippen LogP contribution in [0, 0.1) is 6.92 Å². The van der Waals surface area contributed by atoms with Gasteiger partial charge in [-0.25, -0.2) is 0 Å². The van der Waals surface area contributed by atoms with Crippen molar-refractivity contribution in [2.75, 3.05) is 11.9 Å². The SMILES string of the molecule is CCn1c2c(c(=O)n3ncc(C(=O)Nc4ccc(C)c(Cl)c4)c13)CNCC2. The van der Waals surface area contributed by atoms with Gasteiger partial charge in [-0.2, -0.15) is 9.61 Å². The normalized spacial score (nSPS) is 13.6. The second-order valence-corrected chi connectivity index (χ2v) is 7.02. The first kappa shape index (κ1) is 17.8. The Labute approximate surface area is 160 Å². The van der Waals surface area contributed by atoms with Gasteiger partial charge in [-0.3, -0.25) is 9.59 Å². The van der Waals surface area contributed by atoms with Crippen LogP contribution in [-0.4, -0.2) is 26.6 Å². The quantitative estimate of drug-likeness (QED) is 0.725. The summed E-state index contributed by atoms with van der Waals surface area (Å²) in [5.74, 6) is -0.319. The molecule has 3 aromatic rings. The maximum Gasteiger partial charge on any atom is 0.279 e. The van der Waals surface area contributed by atoms with Gasteiger partial charge in [-0.15, -0.1) is 0 Å². The molecule has 0 spiro atoms. The zero-order valence-electron chi connectivity index (χ0n) is 15.2. The van der Waals surface area contributed by atoms with E-state index in [9.17, 15) is 9.59 Å². The summed E-state index contributed by atoms with van der Waals surface area (Å²) in [7, 11) is 0. The smallest absolute Gasteiger partial charge is 0.279 e. The molecule has 0 aliphatic carbocycles. The number of nitrogens with zero attached hydrogens (tertiary/aromatic N) is 3. The van der Waals surface area contributed by atoms with Crippen LogP contribution in [0.15, 0.2) is 29.2 Å². The van der Waals surface area contributed by atoms with E-state index in [4.69, 9.17) is 11.6 Å². The highest BCUT2D eigenvalue weighted by Crippen LogP contribution is 2.22. The highest BCUT2D eigenvalue weighted by molar-refractivity contribution is 6.31. The average Bonchev–Trinajstić information content (AvgIpc) is 3.11. The predicted molar refractivity (Wildman–Crippen MR) is 105 cm³/mol. The van der Waals surface area contributed by atoms with Gasteiger partial charge in [0.1, 0.15) is 5.56 Å². The fourth-order valence-electron chi connectivity index (χ4n) is 3.55. The number of rotatable bonds is 3. The molecular weight excluding hydrogens is 366 g/mol. The molecule has 0 unspecified atom stereocenters. The summed E-state index contributed by atoms with van der Waals surface area (Å²) in [5, 5.41) is 10.9. The van der Waals surface area contributed by atoms with Gasteiger partial charge in [0.25, 0.3) is 11.5 Å². The number of amides is 1. The van der Waals surface area contributed by atoms with Gasteiger partial charge in [0, 0.05) is 42.5 Å². The number of carbonyl (C=O) groups excluding carboxylic acids is 1. The average molecular weight is 386 g/mol. The standard InChI is InChI=1S/C19H20ClN5O2/c1-3-24-16-6-7-21-9-13(16)19(27)25-18(24)14(10-22-25)17(26)23-12-5-4-11(2)15(20)8-12/h4-5,8,10,21H,3,6-7,9H2,1-2H3,(H,23,26). The minimum Gasteiger partial charge on any atom is -0.329 e. The van der Waals surface area contributed by atoms with E-state index in [1.807, 2.05) is 24.5 Å². The first-order chi connectivity index (χ1) is 13.0. The van der Waals surface area contributed by atoms with Crippen LogP contribution in [0.25, 0.3) is 5.65 Å². The summed E-state index contributed by atoms with van der Waals surface area (Å²) in [6.45, 7) is 5.88. The molecule has 4 rings (SSSR count). The lowest BCUT2D eigenvalue weighted by molar-refractivity contribution is 0.102. The fraction of sp³-hybridized carbons (Fsp3) is 0.316. The first-order valence-corrected chi connectivity index (χ1v) is 9.29. The third-order valence-electron chi connectivity index (χ3n) is 4.96. The molecule has 0 radical (unpaired) electrons. The Kier molecular flexibility index (Phi) is 4.49. The van der Waals surface area contributed by atoms with Crippen LogP contribution in [0.1, 0.15) is 34.1 Å². The lowest BCUT2D eigenvalue weighted by Gasteiger charge is -2.22. The number of fused-ring (bicyclic) bond motifs is 2. The van der Waals surface area contributed by atoms with Crippen molar-refractivity contribution in [3.63, 3.8) is 0 Å². The van der Waals surface area contributed by atoms with Gasteiger partial charge in [0.2, 0.25) is 0 Å². The number of halogens is 1. The summed E-state index contributed by atoms with van der Waals surface area (Å²) in [6, 6.07) is 5.35. The minimum absolute atomic E-state index is 0.172. The van der Waals surface area contributed by atoms with Crippen molar-refractivity contribution >= 4 is 28.8 Å². The van der Waals surface area contributed by atoms with Gasteiger partial charge in [-0.05, 0) is 31.5 Å². The second kappa shape index (κ2) is 6.83. The maximum absolute atomic E-state index is 12.9. The van der Waals surface area contributed by atoms with Crippen molar-refractivity contribution in [1.29, 1.82) is 0 Å². The number of hydrogen-bond acceptors (Lipinski definition) is 4. The van der Waals surface area contributed by atoms with Gasteiger partial charge < -0.3 is 15.2 Å². The van der Waals surface area contributed by atoms with E-state index in [0.717, 1.165) is 29.8 Å². The Balaban J connectivity index is 1.82. The van der Waals surface area contributed by atoms with E-state index in [2.05, 4.69) is 15.7 Å². The largest absolute Gasteiger partial charge is 0.329 e. The first-order valence-electron chi connectivity index (χ1n) is 8.91. The monoisotopic (exact) mass is 385 g/mol. The number of aryl methyl sites for hydroxylation is 2. The van der Waals surface area contributed by atoms with Crippen molar-refractivity contribution < 1.29 is 4.79 Å². The Morgan fingerprint density at radius 3 is 2.96 bits per heavy atom. The van der Waals surface area contributed by atoms with Gasteiger partial charge in [0.05, 0.1) is 11.8 Å². The van der Waals surface area contributed by atoms with Crippen LogP contribution < -0.4 is 16.2 Å². The maximum atomic E-state index is 12.9. The number of aromatic nitrogens is 3. The third kappa shape index (κ3) is 2.93. The van der Waals surface area contributed by atoms with Crippen molar-refractivity contribution in [3.05, 3.63) is 62.2 Å². The van der Waals surface area contributed by atoms with Crippen molar-refractivity contribution in [2.45, 2.75) is 33.4 Å². The zero-order chi connectivity index (χ0) is 19.1. The molecule has 2 N–H and O–H groups in total. The molecule has 3 heterocycles. The highest BCUT2D eigenvalue weighted by Gasteiger charge is 2.24. The van der Waals surface area contributed by atoms with E-state index >= 15 is 0 Å². The van der Waals surface area contributed by atoms with Gasteiger partial charge in [-0.1, -0.05) is 17.7 Å². The summed E-state index contributed by atoms with van der Waals surface area (Å²) in [6.07, 6.45) is 2.20. The van der Waals surface area contributed by atoms with E-state index in [-0.39, 0.29) is 11.5 Å². The highest BCUT2D eigenvalue weighted by atomic mass is 35.5. The molecular formula is C19H20ClN5O2. The van der Waals surface area contributed by atoms with Gasteiger partial charge in [0.15, 0.2) is 5.65 Å². The van der Waals surface area contributed by atoms with E-state index in [0.29, 0.717) is 35.0 Å². The summed E-state index contributed by atoms with van der Waals surface area (Å²) in [5.41, 5.74) is 3.95. The van der Waals surface area contributed by atoms with Crippen LogP contribution in [0.2, 0.25) is 5.02 Å². The molecule has 7 nitrogen and oxygen atoms in total. The number of anilines is 1. The molecule has 0 saturated heterocycles. The molecule has 1 aromatic carbocycles. The van der Waals surface area contributed by atoms with Crippen LogP contribution in [0.4, 0.5) is 5.69 Å². The molecule has 27 heavy (non-hydrogen) atoms. The Morgan fingerprint density at radius 1 is 1.41 bits per heavy atom. The van der Waals surface area contributed by atoms with Crippen LogP contribution >= 0.6 is 11.6 Å². The molecule has 0 bridgehead atoms. The molecule has 2 aromatic heterocycles. The van der Waals surface area contributed by atoms with Crippen LogP contribution in [-0.2, 0) is 19.5 Å². The number of benzene rings is 1. The van der Waals surface area contributed by atoms with Crippen LogP contribution in [0.5, 0.6) is 0 Å². The van der Waals surface area contributed by atoms with Crippen molar-refractivity contribution in [3.8, 4) is 0 Å². The Bertz CT molecular complexity index is 1120. The lowest BCUT2D eigenvalue weighted by Crippen LogP contribution is -2.36. The van der Waals surface area contributed by atoms with E-state index in [1.54, 1.807) is 12.1 Å². The lowest BCUT2D eigenvalue weighted by atomic mass is 10.1. The number of carbonyl (C=O) groups is 1. The van der Waals surface area contributed by atoms with Crippen LogP contribution in [0.3, 0.4) is 0 Å². The molecule has 1 aliphatic heterocycles. The molecule has 1 amide bonds. The topological polar surface area (TPSA) is 80.4 Å². The molecule has 140 valence electrons.